The van der Waals surface area contributed by atoms with Crippen molar-refractivity contribution in [3.63, 3.8) is 0 Å². The minimum atomic E-state index is 0.550. The lowest BCUT2D eigenvalue weighted by Crippen LogP contribution is -2.39. The molecule has 3 heterocycles. The topological polar surface area (TPSA) is 88.1 Å². The molecule has 2 aromatic heterocycles. The van der Waals surface area contributed by atoms with Crippen molar-refractivity contribution >= 4 is 28.6 Å². The zero-order chi connectivity index (χ0) is 19.3. The first kappa shape index (κ1) is 18.5. The number of ether oxygens (including phenoxy) is 1. The summed E-state index contributed by atoms with van der Waals surface area (Å²) in [6, 6.07) is 6.27. The lowest BCUT2D eigenvalue weighted by atomic mass is 10.1. The van der Waals surface area contributed by atoms with Crippen molar-refractivity contribution in [2.75, 3.05) is 50.0 Å². The number of nitrogens with zero attached hydrogens (tertiary/aromatic N) is 5. The molecule has 0 atom stereocenters. The lowest BCUT2D eigenvalue weighted by Gasteiger charge is -2.26. The van der Waals surface area contributed by atoms with Crippen LogP contribution in [-0.2, 0) is 4.74 Å². The molecule has 0 saturated carbocycles. The predicted octanol–water partition coefficient (Wildman–Crippen LogP) is 2.52. The van der Waals surface area contributed by atoms with E-state index in [4.69, 9.17) is 4.74 Å². The van der Waals surface area contributed by atoms with Gasteiger partial charge in [0.05, 0.1) is 13.2 Å². The van der Waals surface area contributed by atoms with Gasteiger partial charge >= 0.3 is 0 Å². The normalized spacial score (nSPS) is 14.9. The van der Waals surface area contributed by atoms with Crippen LogP contribution in [0.4, 0.5) is 17.5 Å². The largest absolute Gasteiger partial charge is 0.379 e. The highest BCUT2D eigenvalue weighted by atomic mass is 16.5. The molecule has 0 amide bonds. The molecule has 146 valence electrons. The van der Waals surface area contributed by atoms with Gasteiger partial charge in [-0.1, -0.05) is 17.7 Å². The summed E-state index contributed by atoms with van der Waals surface area (Å²) in [5.41, 5.74) is 4.59. The highest BCUT2D eigenvalue weighted by molar-refractivity contribution is 5.86. The van der Waals surface area contributed by atoms with Gasteiger partial charge < -0.3 is 15.4 Å². The second-order valence-electron chi connectivity index (χ2n) is 6.95. The Bertz CT molecular complexity index is 956. The first-order valence-electron chi connectivity index (χ1n) is 9.56. The fourth-order valence-corrected chi connectivity index (χ4v) is 3.26. The zero-order valence-electron chi connectivity index (χ0n) is 16.3. The van der Waals surface area contributed by atoms with E-state index in [-0.39, 0.29) is 0 Å². The van der Waals surface area contributed by atoms with Crippen LogP contribution in [0.5, 0.6) is 0 Å². The molecule has 1 aliphatic heterocycles. The number of benzene rings is 1. The van der Waals surface area contributed by atoms with Crippen molar-refractivity contribution in [3.8, 4) is 0 Å². The Balaban J connectivity index is 1.54. The van der Waals surface area contributed by atoms with Gasteiger partial charge in [-0.2, -0.15) is 9.97 Å². The van der Waals surface area contributed by atoms with Crippen LogP contribution >= 0.6 is 0 Å². The molecule has 3 aromatic rings. The Hall–Kier alpha value is -2.84. The van der Waals surface area contributed by atoms with Gasteiger partial charge in [-0.3, -0.25) is 4.90 Å². The maximum absolute atomic E-state index is 5.39. The van der Waals surface area contributed by atoms with Crippen molar-refractivity contribution in [2.45, 2.75) is 13.8 Å². The van der Waals surface area contributed by atoms with E-state index in [2.05, 4.69) is 67.5 Å². The first-order valence-corrected chi connectivity index (χ1v) is 9.56. The smallest absolute Gasteiger partial charge is 0.226 e. The monoisotopic (exact) mass is 379 g/mol. The first-order chi connectivity index (χ1) is 13.7. The van der Waals surface area contributed by atoms with Gasteiger partial charge in [-0.05, 0) is 25.5 Å². The van der Waals surface area contributed by atoms with E-state index in [1.165, 1.54) is 5.56 Å². The summed E-state index contributed by atoms with van der Waals surface area (Å²) >= 11 is 0. The Labute approximate surface area is 164 Å². The molecule has 8 nitrogen and oxygen atoms in total. The van der Waals surface area contributed by atoms with Gasteiger partial charge in [-0.15, -0.1) is 0 Å². The maximum atomic E-state index is 5.39. The van der Waals surface area contributed by atoms with E-state index < -0.39 is 0 Å². The molecule has 8 heteroatoms. The average molecular weight is 379 g/mol. The van der Waals surface area contributed by atoms with Gasteiger partial charge in [0.15, 0.2) is 17.0 Å². The summed E-state index contributed by atoms with van der Waals surface area (Å²) in [4.78, 5) is 20.3. The second kappa shape index (κ2) is 8.45. The number of aromatic nitrogens is 4. The number of rotatable bonds is 6. The van der Waals surface area contributed by atoms with Crippen LogP contribution in [0, 0.1) is 13.8 Å². The summed E-state index contributed by atoms with van der Waals surface area (Å²) in [6.45, 7) is 9.36. The van der Waals surface area contributed by atoms with Gasteiger partial charge in [0.2, 0.25) is 5.95 Å². The molecular formula is C20H25N7O. The highest BCUT2D eigenvalue weighted by Crippen LogP contribution is 2.25. The van der Waals surface area contributed by atoms with Crippen LogP contribution in [0.1, 0.15) is 11.1 Å². The number of fused-ring (bicyclic) bond motifs is 1. The third kappa shape index (κ3) is 4.35. The number of hydrogen-bond donors (Lipinski definition) is 2. The summed E-state index contributed by atoms with van der Waals surface area (Å²) in [5, 5.41) is 6.72. The van der Waals surface area contributed by atoms with Crippen molar-refractivity contribution < 1.29 is 4.74 Å². The predicted molar refractivity (Wildman–Crippen MR) is 110 cm³/mol. The molecular weight excluding hydrogens is 354 g/mol. The molecule has 0 spiro atoms. The number of nitrogens with one attached hydrogen (secondary N) is 2. The van der Waals surface area contributed by atoms with Gasteiger partial charge in [0.25, 0.3) is 0 Å². The SMILES string of the molecule is Cc1ccc(Nc2nc(NCCN3CCOCC3)nc3nccnc23)c(C)c1. The van der Waals surface area contributed by atoms with Crippen LogP contribution in [0.3, 0.4) is 0 Å². The minimum Gasteiger partial charge on any atom is -0.379 e. The van der Waals surface area contributed by atoms with Gasteiger partial charge in [0.1, 0.15) is 0 Å². The van der Waals surface area contributed by atoms with Gasteiger partial charge in [0, 0.05) is 44.3 Å². The summed E-state index contributed by atoms with van der Waals surface area (Å²) in [7, 11) is 0. The third-order valence-electron chi connectivity index (χ3n) is 4.78. The number of hydrogen-bond acceptors (Lipinski definition) is 8. The zero-order valence-corrected chi connectivity index (χ0v) is 16.3. The molecule has 2 N–H and O–H groups in total. The summed E-state index contributed by atoms with van der Waals surface area (Å²) < 4.78 is 5.39. The molecule has 1 aliphatic rings. The van der Waals surface area contributed by atoms with Crippen LogP contribution in [-0.4, -0.2) is 64.2 Å². The number of anilines is 3. The standard InChI is InChI=1S/C20H25N7O/c1-14-3-4-16(15(2)13-14)24-19-17-18(22-6-5-21-17)25-20(26-19)23-7-8-27-9-11-28-12-10-27/h3-6,13H,7-12H2,1-2H3,(H2,22,23,24,25,26). The van der Waals surface area contributed by atoms with Gasteiger partial charge in [-0.25, -0.2) is 9.97 Å². The van der Waals surface area contributed by atoms with Crippen molar-refractivity contribution in [2.24, 2.45) is 0 Å². The van der Waals surface area contributed by atoms with E-state index in [1.54, 1.807) is 12.4 Å². The van der Waals surface area contributed by atoms with E-state index in [1.807, 2.05) is 0 Å². The molecule has 0 unspecified atom stereocenters. The molecule has 4 rings (SSSR count). The molecule has 0 aliphatic carbocycles. The molecule has 1 saturated heterocycles. The van der Waals surface area contributed by atoms with E-state index in [9.17, 15) is 0 Å². The fraction of sp³-hybridized carbons (Fsp3) is 0.400. The van der Waals surface area contributed by atoms with E-state index >= 15 is 0 Å². The summed E-state index contributed by atoms with van der Waals surface area (Å²) in [6.07, 6.45) is 3.30. The fourth-order valence-electron chi connectivity index (χ4n) is 3.26. The molecule has 1 fully saturated rings. The molecule has 0 bridgehead atoms. The maximum Gasteiger partial charge on any atom is 0.226 e. The second-order valence-corrected chi connectivity index (χ2v) is 6.95. The van der Waals surface area contributed by atoms with E-state index in [0.717, 1.165) is 50.6 Å². The van der Waals surface area contributed by atoms with Crippen LogP contribution in [0.2, 0.25) is 0 Å². The summed E-state index contributed by atoms with van der Waals surface area (Å²) in [5.74, 6) is 1.20. The van der Waals surface area contributed by atoms with Crippen LogP contribution < -0.4 is 10.6 Å². The Morgan fingerprint density at radius 2 is 1.89 bits per heavy atom. The number of aryl methyl sites for hydroxylation is 2. The Kier molecular flexibility index (Phi) is 5.59. The number of morpholine rings is 1. The lowest BCUT2D eigenvalue weighted by molar-refractivity contribution is 0.0398. The average Bonchev–Trinajstić information content (AvgIpc) is 2.71. The minimum absolute atomic E-state index is 0.550. The third-order valence-corrected chi connectivity index (χ3v) is 4.78. The van der Waals surface area contributed by atoms with E-state index in [0.29, 0.717) is 22.9 Å². The quantitative estimate of drug-likeness (QED) is 0.675. The van der Waals surface area contributed by atoms with Crippen molar-refractivity contribution in [1.29, 1.82) is 0 Å². The highest BCUT2D eigenvalue weighted by Gasteiger charge is 2.13. The van der Waals surface area contributed by atoms with Crippen LogP contribution in [0.25, 0.3) is 11.2 Å². The van der Waals surface area contributed by atoms with Crippen LogP contribution in [0.15, 0.2) is 30.6 Å². The molecule has 1 aromatic carbocycles. The molecule has 28 heavy (non-hydrogen) atoms. The Morgan fingerprint density at radius 1 is 1.07 bits per heavy atom. The molecule has 0 radical (unpaired) electrons. The van der Waals surface area contributed by atoms with Crippen molar-refractivity contribution in [1.82, 2.24) is 24.8 Å². The van der Waals surface area contributed by atoms with Crippen molar-refractivity contribution in [3.05, 3.63) is 41.7 Å². The Morgan fingerprint density at radius 3 is 2.71 bits per heavy atom.